The van der Waals surface area contributed by atoms with Crippen LogP contribution in [-0.4, -0.2) is 26.2 Å². The first-order valence-electron chi connectivity index (χ1n) is 5.56. The lowest BCUT2D eigenvalue weighted by Crippen LogP contribution is -2.28. The van der Waals surface area contributed by atoms with Gasteiger partial charge in [0.1, 0.15) is 0 Å². The van der Waals surface area contributed by atoms with Crippen LogP contribution in [-0.2, 0) is 0 Å². The molecule has 0 spiro atoms. The summed E-state index contributed by atoms with van der Waals surface area (Å²) in [5.41, 5.74) is 1.70. The number of rotatable bonds is 1. The molecule has 0 amide bonds. The lowest BCUT2D eigenvalue weighted by atomic mass is 9.92. The third kappa shape index (κ3) is 2.82. The van der Waals surface area contributed by atoms with Crippen LogP contribution in [0.1, 0.15) is 25.7 Å². The smallest absolute Gasteiger partial charge is 0.00115 e. The van der Waals surface area contributed by atoms with Crippen molar-refractivity contribution in [3.8, 4) is 0 Å². The SMILES string of the molecule is C(=C1CCNCC1)C1CCNCC1. The van der Waals surface area contributed by atoms with Crippen LogP contribution in [0.3, 0.4) is 0 Å². The fraction of sp³-hybridized carbons (Fsp3) is 0.818. The van der Waals surface area contributed by atoms with Gasteiger partial charge in [0.05, 0.1) is 0 Å². The molecule has 2 heterocycles. The number of hydrogen-bond donors (Lipinski definition) is 2. The molecule has 0 aromatic heterocycles. The monoisotopic (exact) mass is 180 g/mol. The van der Waals surface area contributed by atoms with Gasteiger partial charge in [0, 0.05) is 0 Å². The van der Waals surface area contributed by atoms with E-state index < -0.39 is 0 Å². The van der Waals surface area contributed by atoms with E-state index in [9.17, 15) is 0 Å². The van der Waals surface area contributed by atoms with E-state index in [4.69, 9.17) is 0 Å². The molecule has 0 aromatic carbocycles. The van der Waals surface area contributed by atoms with Gasteiger partial charge < -0.3 is 10.6 Å². The molecular weight excluding hydrogens is 160 g/mol. The van der Waals surface area contributed by atoms with Crippen molar-refractivity contribution in [1.29, 1.82) is 0 Å². The Hall–Kier alpha value is -0.340. The predicted octanol–water partition coefficient (Wildman–Crippen LogP) is 1.30. The van der Waals surface area contributed by atoms with Crippen molar-refractivity contribution in [2.24, 2.45) is 5.92 Å². The summed E-state index contributed by atoms with van der Waals surface area (Å²) in [5.74, 6) is 0.870. The lowest BCUT2D eigenvalue weighted by Gasteiger charge is -2.22. The second-order valence-corrected chi connectivity index (χ2v) is 4.16. The Labute approximate surface area is 80.8 Å². The molecule has 2 aliphatic rings. The van der Waals surface area contributed by atoms with Gasteiger partial charge in [-0.15, -0.1) is 0 Å². The van der Waals surface area contributed by atoms with Gasteiger partial charge in [0.2, 0.25) is 0 Å². The zero-order chi connectivity index (χ0) is 8.93. The fourth-order valence-corrected chi connectivity index (χ4v) is 2.26. The Morgan fingerprint density at radius 1 is 0.923 bits per heavy atom. The predicted molar refractivity (Wildman–Crippen MR) is 55.8 cm³/mol. The summed E-state index contributed by atoms with van der Waals surface area (Å²) < 4.78 is 0. The first kappa shape index (κ1) is 9.22. The van der Waals surface area contributed by atoms with E-state index in [0.29, 0.717) is 0 Å². The second-order valence-electron chi connectivity index (χ2n) is 4.16. The van der Waals surface area contributed by atoms with Crippen LogP contribution in [0.15, 0.2) is 11.6 Å². The molecule has 2 N–H and O–H groups in total. The Balaban J connectivity index is 1.85. The van der Waals surface area contributed by atoms with Crippen LogP contribution >= 0.6 is 0 Å². The minimum Gasteiger partial charge on any atom is -0.317 e. The standard InChI is InChI=1S/C11H20N2/c1-5-12-6-2-10(1)9-11-3-7-13-8-4-11/h9-10,12-13H,1-8H2. The lowest BCUT2D eigenvalue weighted by molar-refractivity contribution is 0.432. The van der Waals surface area contributed by atoms with E-state index in [1.165, 1.54) is 51.9 Å². The Bertz CT molecular complexity index is 173. The van der Waals surface area contributed by atoms with Crippen LogP contribution in [0.4, 0.5) is 0 Å². The van der Waals surface area contributed by atoms with E-state index in [-0.39, 0.29) is 0 Å². The molecule has 0 aromatic rings. The highest BCUT2D eigenvalue weighted by molar-refractivity contribution is 5.08. The first-order chi connectivity index (χ1) is 6.45. The molecule has 0 aliphatic carbocycles. The Morgan fingerprint density at radius 3 is 2.23 bits per heavy atom. The minimum atomic E-state index is 0.870. The van der Waals surface area contributed by atoms with E-state index in [0.717, 1.165) is 5.92 Å². The molecule has 0 saturated carbocycles. The number of allylic oxidation sites excluding steroid dienone is 1. The van der Waals surface area contributed by atoms with Crippen LogP contribution in [0, 0.1) is 5.92 Å². The quantitative estimate of drug-likeness (QED) is 0.594. The maximum absolute atomic E-state index is 3.41. The highest BCUT2D eigenvalue weighted by atomic mass is 14.9. The number of hydrogen-bond acceptors (Lipinski definition) is 2. The maximum atomic E-state index is 3.41. The van der Waals surface area contributed by atoms with E-state index in [1.807, 2.05) is 0 Å². The van der Waals surface area contributed by atoms with Crippen molar-refractivity contribution in [2.45, 2.75) is 25.7 Å². The maximum Gasteiger partial charge on any atom is -0.00115 e. The van der Waals surface area contributed by atoms with Crippen molar-refractivity contribution < 1.29 is 0 Å². The van der Waals surface area contributed by atoms with Gasteiger partial charge in [-0.2, -0.15) is 0 Å². The van der Waals surface area contributed by atoms with Crippen molar-refractivity contribution in [3.63, 3.8) is 0 Å². The molecule has 13 heavy (non-hydrogen) atoms. The third-order valence-electron chi connectivity index (χ3n) is 3.10. The largest absolute Gasteiger partial charge is 0.317 e. The summed E-state index contributed by atoms with van der Waals surface area (Å²) in [4.78, 5) is 0. The summed E-state index contributed by atoms with van der Waals surface area (Å²) in [6.45, 7) is 4.81. The van der Waals surface area contributed by atoms with E-state index in [1.54, 1.807) is 5.57 Å². The van der Waals surface area contributed by atoms with Gasteiger partial charge in [-0.1, -0.05) is 11.6 Å². The second kappa shape index (κ2) is 4.77. The average molecular weight is 180 g/mol. The molecule has 0 bridgehead atoms. The van der Waals surface area contributed by atoms with Gasteiger partial charge >= 0.3 is 0 Å². The van der Waals surface area contributed by atoms with Crippen LogP contribution in [0.25, 0.3) is 0 Å². The van der Waals surface area contributed by atoms with Crippen LogP contribution < -0.4 is 10.6 Å². The van der Waals surface area contributed by atoms with Crippen LogP contribution in [0.5, 0.6) is 0 Å². The molecule has 74 valence electrons. The van der Waals surface area contributed by atoms with Crippen molar-refractivity contribution in [3.05, 3.63) is 11.6 Å². The van der Waals surface area contributed by atoms with Gasteiger partial charge in [-0.3, -0.25) is 0 Å². The molecule has 2 rings (SSSR count). The molecule has 2 saturated heterocycles. The number of nitrogens with one attached hydrogen (secondary N) is 2. The van der Waals surface area contributed by atoms with Crippen molar-refractivity contribution >= 4 is 0 Å². The molecule has 2 nitrogen and oxygen atoms in total. The third-order valence-corrected chi connectivity index (χ3v) is 3.10. The van der Waals surface area contributed by atoms with Crippen LogP contribution in [0.2, 0.25) is 0 Å². The zero-order valence-electron chi connectivity index (χ0n) is 8.31. The topological polar surface area (TPSA) is 24.1 Å². The molecule has 0 radical (unpaired) electrons. The summed E-state index contributed by atoms with van der Waals surface area (Å²) in [5, 5.41) is 6.81. The normalized spacial score (nSPS) is 26.0. The van der Waals surface area contributed by atoms with E-state index >= 15 is 0 Å². The average Bonchev–Trinajstić information content (AvgIpc) is 2.21. The van der Waals surface area contributed by atoms with Crippen molar-refractivity contribution in [1.82, 2.24) is 10.6 Å². The fourth-order valence-electron chi connectivity index (χ4n) is 2.26. The highest BCUT2D eigenvalue weighted by Gasteiger charge is 2.12. The Kier molecular flexibility index (Phi) is 3.39. The molecule has 2 fully saturated rings. The Morgan fingerprint density at radius 2 is 1.54 bits per heavy atom. The van der Waals surface area contributed by atoms with E-state index in [2.05, 4.69) is 16.7 Å². The van der Waals surface area contributed by atoms with Gasteiger partial charge in [-0.05, 0) is 57.8 Å². The van der Waals surface area contributed by atoms with Gasteiger partial charge in [-0.25, -0.2) is 0 Å². The number of piperidine rings is 2. The zero-order valence-corrected chi connectivity index (χ0v) is 8.31. The molecule has 0 unspecified atom stereocenters. The molecule has 2 heteroatoms. The highest BCUT2D eigenvalue weighted by Crippen LogP contribution is 2.19. The minimum absolute atomic E-state index is 0.870. The summed E-state index contributed by atoms with van der Waals surface area (Å²) in [7, 11) is 0. The first-order valence-corrected chi connectivity index (χ1v) is 5.56. The summed E-state index contributed by atoms with van der Waals surface area (Å²) >= 11 is 0. The van der Waals surface area contributed by atoms with Crippen molar-refractivity contribution in [2.75, 3.05) is 26.2 Å². The molecule has 0 atom stereocenters. The summed E-state index contributed by atoms with van der Waals surface area (Å²) in [6.07, 6.45) is 7.81. The molecule has 2 aliphatic heterocycles. The van der Waals surface area contributed by atoms with Gasteiger partial charge in [0.25, 0.3) is 0 Å². The summed E-state index contributed by atoms with van der Waals surface area (Å²) in [6, 6.07) is 0. The van der Waals surface area contributed by atoms with Gasteiger partial charge in [0.15, 0.2) is 0 Å². The molecular formula is C11H20N2.